The fourth-order valence-electron chi connectivity index (χ4n) is 3.58. The summed E-state index contributed by atoms with van der Waals surface area (Å²) in [6.07, 6.45) is 0.307. The van der Waals surface area contributed by atoms with Crippen LogP contribution >= 0.6 is 0 Å². The van der Waals surface area contributed by atoms with Crippen molar-refractivity contribution in [2.75, 3.05) is 7.11 Å². The Hall–Kier alpha value is -3.75. The first kappa shape index (κ1) is 24.9. The summed E-state index contributed by atoms with van der Waals surface area (Å²) >= 11 is 0. The molecule has 0 bridgehead atoms. The quantitative estimate of drug-likeness (QED) is 0.249. The normalized spacial score (nSPS) is 12.8. The third-order valence-corrected chi connectivity index (χ3v) is 5.17. The van der Waals surface area contributed by atoms with Crippen LogP contribution in [0.4, 0.5) is 17.6 Å². The highest BCUT2D eigenvalue weighted by Gasteiger charge is 2.37. The summed E-state index contributed by atoms with van der Waals surface area (Å²) in [5, 5.41) is 0. The maximum absolute atomic E-state index is 13.2. The van der Waals surface area contributed by atoms with Crippen molar-refractivity contribution in [1.82, 2.24) is 0 Å². The molecule has 0 aliphatic heterocycles. The minimum absolute atomic E-state index is 0.0394. The van der Waals surface area contributed by atoms with Crippen molar-refractivity contribution in [3.8, 4) is 17.2 Å². The van der Waals surface area contributed by atoms with E-state index in [4.69, 9.17) is 9.47 Å². The average Bonchev–Trinajstić information content (AvgIpc) is 2.83. The number of alkyl halides is 4. The second-order valence-corrected chi connectivity index (χ2v) is 7.08. The van der Waals surface area contributed by atoms with Crippen molar-refractivity contribution in [2.24, 2.45) is 0 Å². The molecule has 0 saturated carbocycles. The van der Waals surface area contributed by atoms with E-state index in [0.29, 0.717) is 17.5 Å². The van der Waals surface area contributed by atoms with E-state index in [0.717, 1.165) is 0 Å². The number of esters is 1. The van der Waals surface area contributed by atoms with E-state index < -0.39 is 24.8 Å². The summed E-state index contributed by atoms with van der Waals surface area (Å²) in [7, 11) is 1.26. The molecule has 34 heavy (non-hydrogen) atoms. The number of carbonyl (C=O) groups is 1. The van der Waals surface area contributed by atoms with Gasteiger partial charge >= 0.3 is 19.2 Å². The molecule has 0 spiro atoms. The zero-order chi connectivity index (χ0) is 24.7. The molecule has 9 heteroatoms. The highest BCUT2D eigenvalue weighted by molar-refractivity contribution is 5.91. The van der Waals surface area contributed by atoms with Crippen molar-refractivity contribution in [3.05, 3.63) is 89.5 Å². The molecule has 1 atom stereocenters. The zero-order valence-corrected chi connectivity index (χ0v) is 18.3. The van der Waals surface area contributed by atoms with Gasteiger partial charge in [-0.05, 0) is 36.8 Å². The second-order valence-electron chi connectivity index (χ2n) is 7.08. The van der Waals surface area contributed by atoms with Gasteiger partial charge in [-0.1, -0.05) is 49.4 Å². The summed E-state index contributed by atoms with van der Waals surface area (Å²) in [5.74, 6) is -1.08. The molecule has 0 radical (unpaired) electrons. The number of benzene rings is 3. The molecule has 0 N–H and O–H groups in total. The monoisotopic (exact) mass is 478 g/mol. The summed E-state index contributed by atoms with van der Waals surface area (Å²) in [6, 6.07) is 18.4. The fourth-order valence-corrected chi connectivity index (χ4v) is 3.58. The van der Waals surface area contributed by atoms with Crippen molar-refractivity contribution in [2.45, 2.75) is 32.2 Å². The Morgan fingerprint density at radius 3 is 2.00 bits per heavy atom. The van der Waals surface area contributed by atoms with E-state index in [2.05, 4.69) is 9.47 Å². The summed E-state index contributed by atoms with van der Waals surface area (Å²) in [6.45, 7) is -4.22. The number of hydrogen-bond donors (Lipinski definition) is 0. The van der Waals surface area contributed by atoms with Crippen molar-refractivity contribution < 1.29 is 41.3 Å². The van der Waals surface area contributed by atoms with Gasteiger partial charge in [0.15, 0.2) is 17.1 Å². The van der Waals surface area contributed by atoms with E-state index in [1.807, 2.05) is 6.92 Å². The van der Waals surface area contributed by atoms with Crippen LogP contribution in [0.15, 0.2) is 72.8 Å². The van der Waals surface area contributed by atoms with Crippen molar-refractivity contribution in [3.63, 3.8) is 0 Å². The highest BCUT2D eigenvalue weighted by atomic mass is 19.3. The van der Waals surface area contributed by atoms with E-state index in [9.17, 15) is 22.4 Å². The van der Waals surface area contributed by atoms with Gasteiger partial charge < -0.3 is 18.9 Å². The average molecular weight is 478 g/mol. The van der Waals surface area contributed by atoms with Gasteiger partial charge in [0.05, 0.1) is 12.7 Å². The topological polar surface area (TPSA) is 54.0 Å². The summed E-state index contributed by atoms with van der Waals surface area (Å²) < 4.78 is 70.2. The molecule has 0 aliphatic rings. The largest absolute Gasteiger partial charge is 0.493 e. The zero-order valence-electron chi connectivity index (χ0n) is 18.3. The molecule has 3 aromatic rings. The van der Waals surface area contributed by atoms with E-state index in [-0.39, 0.29) is 22.8 Å². The summed E-state index contributed by atoms with van der Waals surface area (Å²) in [4.78, 5) is 13.2. The molecular formula is C25H22F4O5. The number of halogens is 4. The van der Waals surface area contributed by atoms with Gasteiger partial charge in [0.1, 0.15) is 5.75 Å². The molecule has 0 heterocycles. The van der Waals surface area contributed by atoms with E-state index in [1.165, 1.54) is 37.4 Å². The first-order valence-electron chi connectivity index (χ1n) is 10.3. The number of rotatable bonds is 10. The van der Waals surface area contributed by atoms with Crippen LogP contribution in [0.1, 0.15) is 34.8 Å². The van der Waals surface area contributed by atoms with Gasteiger partial charge in [-0.15, -0.1) is 0 Å². The van der Waals surface area contributed by atoms with Crippen LogP contribution < -0.4 is 14.2 Å². The molecule has 3 aromatic carbocycles. The maximum atomic E-state index is 13.2. The lowest BCUT2D eigenvalue weighted by atomic mass is 9.83. The summed E-state index contributed by atoms with van der Waals surface area (Å²) in [5.41, 5.74) is -0.0451. The number of methoxy groups -OCH3 is 1. The van der Waals surface area contributed by atoms with Crippen LogP contribution in [0.2, 0.25) is 0 Å². The van der Waals surface area contributed by atoms with Crippen LogP contribution in [-0.2, 0) is 10.3 Å². The SMILES string of the molecule is CCC(OC(=O)c1ccc(OC(F)F)c(OC)c1)(c1ccccc1)c1ccc(OC(F)F)cc1. The Morgan fingerprint density at radius 1 is 0.824 bits per heavy atom. The predicted octanol–water partition coefficient (Wildman–Crippen LogP) is 6.41. The molecular weight excluding hydrogens is 456 g/mol. The minimum Gasteiger partial charge on any atom is -0.493 e. The maximum Gasteiger partial charge on any atom is 0.387 e. The third kappa shape index (κ3) is 5.59. The highest BCUT2D eigenvalue weighted by Crippen LogP contribution is 2.39. The second kappa shape index (κ2) is 10.9. The molecule has 5 nitrogen and oxygen atoms in total. The smallest absolute Gasteiger partial charge is 0.387 e. The van der Waals surface area contributed by atoms with E-state index in [1.54, 1.807) is 42.5 Å². The van der Waals surface area contributed by atoms with Gasteiger partial charge in [-0.2, -0.15) is 17.6 Å². The van der Waals surface area contributed by atoms with Crippen molar-refractivity contribution >= 4 is 5.97 Å². The molecule has 3 rings (SSSR count). The lowest BCUT2D eigenvalue weighted by Gasteiger charge is -2.34. The van der Waals surface area contributed by atoms with Gasteiger partial charge in [0.25, 0.3) is 0 Å². The Bertz CT molecular complexity index is 1090. The lowest BCUT2D eigenvalue weighted by molar-refractivity contribution is -0.0514. The number of hydrogen-bond acceptors (Lipinski definition) is 5. The Labute approximate surface area is 193 Å². The number of ether oxygens (including phenoxy) is 4. The van der Waals surface area contributed by atoms with Crippen LogP contribution in [0, 0.1) is 0 Å². The van der Waals surface area contributed by atoms with Crippen LogP contribution in [0.25, 0.3) is 0 Å². The Balaban J connectivity index is 2.00. The van der Waals surface area contributed by atoms with Crippen molar-refractivity contribution in [1.29, 1.82) is 0 Å². The molecule has 0 aromatic heterocycles. The lowest BCUT2D eigenvalue weighted by Crippen LogP contribution is -2.33. The van der Waals surface area contributed by atoms with Crippen LogP contribution in [-0.4, -0.2) is 26.3 Å². The molecule has 180 valence electrons. The van der Waals surface area contributed by atoms with E-state index >= 15 is 0 Å². The number of carbonyl (C=O) groups excluding carboxylic acids is 1. The van der Waals surface area contributed by atoms with Gasteiger partial charge in [0, 0.05) is 11.1 Å². The standard InChI is InChI=1S/C25H22F4O5/c1-3-25(17-7-5-4-6-8-17,18-10-12-19(13-11-18)32-23(26)27)34-22(30)16-9-14-20(33-24(28)29)21(15-16)31-2/h4-15,23-24H,3H2,1-2H3. The van der Waals surface area contributed by atoms with Crippen LogP contribution in [0.5, 0.6) is 17.2 Å². The van der Waals surface area contributed by atoms with Gasteiger partial charge in [-0.25, -0.2) is 4.79 Å². The Morgan fingerprint density at radius 2 is 1.44 bits per heavy atom. The molecule has 0 saturated heterocycles. The Kier molecular flexibility index (Phi) is 7.99. The minimum atomic E-state index is -3.06. The van der Waals surface area contributed by atoms with Crippen LogP contribution in [0.3, 0.4) is 0 Å². The van der Waals surface area contributed by atoms with Gasteiger partial charge in [-0.3, -0.25) is 0 Å². The fraction of sp³-hybridized carbons (Fsp3) is 0.240. The molecule has 0 fully saturated rings. The third-order valence-electron chi connectivity index (χ3n) is 5.17. The molecule has 1 unspecified atom stereocenters. The predicted molar refractivity (Wildman–Crippen MR) is 116 cm³/mol. The first-order valence-corrected chi connectivity index (χ1v) is 10.3. The first-order chi connectivity index (χ1) is 16.3. The molecule has 0 amide bonds. The van der Waals surface area contributed by atoms with Gasteiger partial charge in [0.2, 0.25) is 0 Å². The molecule has 0 aliphatic carbocycles.